The lowest BCUT2D eigenvalue weighted by Gasteiger charge is -2.19. The average molecular weight is 398 g/mol. The summed E-state index contributed by atoms with van der Waals surface area (Å²) >= 11 is 0. The van der Waals surface area contributed by atoms with Gasteiger partial charge in [-0.25, -0.2) is 4.99 Å². The molecule has 0 bridgehead atoms. The monoisotopic (exact) mass is 398 g/mol. The summed E-state index contributed by atoms with van der Waals surface area (Å²) in [4.78, 5) is 19.7. The highest BCUT2D eigenvalue weighted by molar-refractivity contribution is 6.33. The summed E-state index contributed by atoms with van der Waals surface area (Å²) < 4.78 is 10.8. The molecule has 0 N–H and O–H groups in total. The van der Waals surface area contributed by atoms with Gasteiger partial charge in [-0.05, 0) is 43.3 Å². The summed E-state index contributed by atoms with van der Waals surface area (Å²) in [5, 5.41) is 0. The van der Waals surface area contributed by atoms with Crippen LogP contribution in [0.3, 0.4) is 0 Å². The first-order valence-corrected chi connectivity index (χ1v) is 9.59. The molecule has 0 aromatic heterocycles. The van der Waals surface area contributed by atoms with Crippen LogP contribution in [0.2, 0.25) is 0 Å². The Hall–Kier alpha value is -3.86. The first-order chi connectivity index (χ1) is 14.6. The molecule has 0 saturated carbocycles. The van der Waals surface area contributed by atoms with Crippen LogP contribution >= 0.6 is 0 Å². The van der Waals surface area contributed by atoms with Crippen molar-refractivity contribution in [2.75, 3.05) is 19.1 Å². The molecule has 0 fully saturated rings. The SMILES string of the molecule is COc1cccc(C2=NC(=Cc3ccccc3OC)C(=O)N2c2ccc(C)cc2)c1. The summed E-state index contributed by atoms with van der Waals surface area (Å²) in [6.07, 6.45) is 1.76. The van der Waals surface area contributed by atoms with Crippen molar-refractivity contribution in [1.29, 1.82) is 0 Å². The Bertz CT molecular complexity index is 1150. The third-order valence-electron chi connectivity index (χ3n) is 4.91. The Kier molecular flexibility index (Phi) is 5.35. The zero-order valence-corrected chi connectivity index (χ0v) is 17.1. The van der Waals surface area contributed by atoms with E-state index in [1.165, 1.54) is 0 Å². The minimum atomic E-state index is -0.192. The standard InChI is InChI=1S/C25H22N2O3/c1-17-11-13-20(14-12-17)27-24(19-8-6-9-21(15-19)29-2)26-22(25(27)28)16-18-7-4-5-10-23(18)30-3/h4-16H,1-3H3. The average Bonchev–Trinajstić information content (AvgIpc) is 3.11. The van der Waals surface area contributed by atoms with Gasteiger partial charge in [-0.1, -0.05) is 48.0 Å². The van der Waals surface area contributed by atoms with E-state index in [9.17, 15) is 4.79 Å². The van der Waals surface area contributed by atoms with Gasteiger partial charge in [0, 0.05) is 11.1 Å². The Morgan fingerprint density at radius 1 is 0.900 bits per heavy atom. The number of rotatable bonds is 5. The highest BCUT2D eigenvalue weighted by Gasteiger charge is 2.32. The molecule has 0 aliphatic carbocycles. The molecule has 1 heterocycles. The zero-order chi connectivity index (χ0) is 21.1. The highest BCUT2D eigenvalue weighted by atomic mass is 16.5. The van der Waals surface area contributed by atoms with Crippen molar-refractivity contribution in [1.82, 2.24) is 0 Å². The number of ether oxygens (including phenoxy) is 2. The molecule has 1 aliphatic heterocycles. The number of aliphatic imine (C=N–C) groups is 1. The number of aryl methyl sites for hydroxylation is 1. The Labute approximate surface area is 175 Å². The molecule has 5 heteroatoms. The minimum Gasteiger partial charge on any atom is -0.497 e. The number of benzene rings is 3. The summed E-state index contributed by atoms with van der Waals surface area (Å²) in [6, 6.07) is 22.9. The molecule has 0 spiro atoms. The topological polar surface area (TPSA) is 51.1 Å². The van der Waals surface area contributed by atoms with Crippen molar-refractivity contribution in [3.63, 3.8) is 0 Å². The quantitative estimate of drug-likeness (QED) is 0.578. The zero-order valence-electron chi connectivity index (χ0n) is 17.1. The number of nitrogens with zero attached hydrogens (tertiary/aromatic N) is 2. The van der Waals surface area contributed by atoms with Crippen LogP contribution in [0.15, 0.2) is 83.5 Å². The van der Waals surface area contributed by atoms with Crippen LogP contribution in [0.4, 0.5) is 5.69 Å². The van der Waals surface area contributed by atoms with E-state index in [1.54, 1.807) is 25.2 Å². The lowest BCUT2D eigenvalue weighted by atomic mass is 10.1. The smallest absolute Gasteiger partial charge is 0.282 e. The molecule has 3 aromatic rings. The molecule has 0 saturated heterocycles. The van der Waals surface area contributed by atoms with Crippen LogP contribution in [0, 0.1) is 6.92 Å². The third-order valence-corrected chi connectivity index (χ3v) is 4.91. The van der Waals surface area contributed by atoms with E-state index in [-0.39, 0.29) is 5.91 Å². The maximum absolute atomic E-state index is 13.4. The van der Waals surface area contributed by atoms with E-state index in [0.717, 1.165) is 22.4 Å². The molecule has 150 valence electrons. The van der Waals surface area contributed by atoms with E-state index >= 15 is 0 Å². The number of amidine groups is 1. The maximum Gasteiger partial charge on any atom is 0.282 e. The van der Waals surface area contributed by atoms with Crippen LogP contribution in [0.1, 0.15) is 16.7 Å². The van der Waals surface area contributed by atoms with Crippen molar-refractivity contribution >= 4 is 23.5 Å². The predicted octanol–water partition coefficient (Wildman–Crippen LogP) is 4.85. The number of carbonyl (C=O) groups excluding carboxylic acids is 1. The van der Waals surface area contributed by atoms with Crippen LogP contribution in [0.5, 0.6) is 11.5 Å². The molecule has 0 unspecified atom stereocenters. The van der Waals surface area contributed by atoms with Crippen molar-refractivity contribution in [2.24, 2.45) is 4.99 Å². The molecule has 1 amide bonds. The van der Waals surface area contributed by atoms with E-state index < -0.39 is 0 Å². The molecule has 1 aliphatic rings. The Balaban J connectivity index is 1.85. The number of carbonyl (C=O) groups is 1. The fourth-order valence-electron chi connectivity index (χ4n) is 3.34. The molecule has 5 nitrogen and oxygen atoms in total. The van der Waals surface area contributed by atoms with E-state index in [2.05, 4.69) is 0 Å². The number of methoxy groups -OCH3 is 2. The van der Waals surface area contributed by atoms with Gasteiger partial charge < -0.3 is 9.47 Å². The van der Waals surface area contributed by atoms with Gasteiger partial charge >= 0.3 is 0 Å². The number of hydrogen-bond acceptors (Lipinski definition) is 4. The predicted molar refractivity (Wildman–Crippen MR) is 119 cm³/mol. The molecule has 4 rings (SSSR count). The second kappa shape index (κ2) is 8.25. The molecule has 0 radical (unpaired) electrons. The number of amides is 1. The summed E-state index contributed by atoms with van der Waals surface area (Å²) in [6.45, 7) is 2.01. The summed E-state index contributed by atoms with van der Waals surface area (Å²) in [7, 11) is 3.23. The lowest BCUT2D eigenvalue weighted by Crippen LogP contribution is -2.32. The van der Waals surface area contributed by atoms with Gasteiger partial charge in [-0.3, -0.25) is 9.69 Å². The van der Waals surface area contributed by atoms with Gasteiger partial charge in [0.2, 0.25) is 0 Å². The maximum atomic E-state index is 13.4. The Morgan fingerprint density at radius 3 is 2.40 bits per heavy atom. The number of hydrogen-bond donors (Lipinski definition) is 0. The first kappa shape index (κ1) is 19.5. The van der Waals surface area contributed by atoms with Gasteiger partial charge in [-0.15, -0.1) is 0 Å². The number of anilines is 1. The minimum absolute atomic E-state index is 0.192. The highest BCUT2D eigenvalue weighted by Crippen LogP contribution is 2.30. The summed E-state index contributed by atoms with van der Waals surface area (Å²) in [5.74, 6) is 1.75. The van der Waals surface area contributed by atoms with Crippen LogP contribution in [-0.4, -0.2) is 26.0 Å². The molecule has 0 atom stereocenters. The van der Waals surface area contributed by atoms with Crippen molar-refractivity contribution in [3.05, 3.63) is 95.2 Å². The van der Waals surface area contributed by atoms with Crippen molar-refractivity contribution < 1.29 is 14.3 Å². The van der Waals surface area contributed by atoms with Gasteiger partial charge in [-0.2, -0.15) is 0 Å². The third kappa shape index (κ3) is 3.70. The normalized spacial score (nSPS) is 14.8. The van der Waals surface area contributed by atoms with Gasteiger partial charge in [0.15, 0.2) is 0 Å². The first-order valence-electron chi connectivity index (χ1n) is 9.59. The summed E-state index contributed by atoms with van der Waals surface area (Å²) in [5.41, 5.74) is 3.82. The van der Waals surface area contributed by atoms with Crippen LogP contribution in [0.25, 0.3) is 6.08 Å². The van der Waals surface area contributed by atoms with E-state index in [1.807, 2.05) is 79.7 Å². The fraction of sp³-hybridized carbons (Fsp3) is 0.120. The molecular weight excluding hydrogens is 376 g/mol. The molecule has 3 aromatic carbocycles. The van der Waals surface area contributed by atoms with Crippen LogP contribution < -0.4 is 14.4 Å². The van der Waals surface area contributed by atoms with Crippen molar-refractivity contribution in [2.45, 2.75) is 6.92 Å². The molecular formula is C25H22N2O3. The van der Waals surface area contributed by atoms with Crippen molar-refractivity contribution in [3.8, 4) is 11.5 Å². The van der Waals surface area contributed by atoms with E-state index in [0.29, 0.717) is 23.0 Å². The molecule has 30 heavy (non-hydrogen) atoms. The second-order valence-electron chi connectivity index (χ2n) is 6.92. The lowest BCUT2D eigenvalue weighted by molar-refractivity contribution is -0.113. The largest absolute Gasteiger partial charge is 0.497 e. The second-order valence-corrected chi connectivity index (χ2v) is 6.92. The van der Waals surface area contributed by atoms with Gasteiger partial charge in [0.1, 0.15) is 23.0 Å². The van der Waals surface area contributed by atoms with Crippen LogP contribution in [-0.2, 0) is 4.79 Å². The van der Waals surface area contributed by atoms with Gasteiger partial charge in [0.05, 0.1) is 19.9 Å². The fourth-order valence-corrected chi connectivity index (χ4v) is 3.34. The van der Waals surface area contributed by atoms with Gasteiger partial charge in [0.25, 0.3) is 5.91 Å². The van der Waals surface area contributed by atoms with E-state index in [4.69, 9.17) is 14.5 Å². The number of para-hydroxylation sites is 1. The Morgan fingerprint density at radius 2 is 1.67 bits per heavy atom.